The van der Waals surface area contributed by atoms with E-state index in [1.807, 2.05) is 36.4 Å². The zero-order chi connectivity index (χ0) is 15.9. The number of hydrogen-bond donors (Lipinski definition) is 1. The maximum absolute atomic E-state index is 12.2. The quantitative estimate of drug-likeness (QED) is 0.811. The van der Waals surface area contributed by atoms with Crippen LogP contribution in [-0.2, 0) is 17.8 Å². The molecule has 0 saturated heterocycles. The molecule has 118 valence electrons. The molecule has 2 aromatic rings. The van der Waals surface area contributed by atoms with Crippen LogP contribution in [0.4, 0.5) is 5.69 Å². The van der Waals surface area contributed by atoms with Crippen molar-refractivity contribution in [3.63, 3.8) is 0 Å². The van der Waals surface area contributed by atoms with Crippen LogP contribution in [0, 0.1) is 0 Å². The minimum atomic E-state index is 0.00810. The topological polar surface area (TPSA) is 32.3 Å². The van der Waals surface area contributed by atoms with Gasteiger partial charge in [-0.2, -0.15) is 0 Å². The van der Waals surface area contributed by atoms with Crippen LogP contribution < -0.4 is 5.32 Å². The molecule has 1 amide bonds. The zero-order valence-electron chi connectivity index (χ0n) is 12.9. The van der Waals surface area contributed by atoms with Crippen molar-refractivity contribution < 1.29 is 4.79 Å². The van der Waals surface area contributed by atoms with E-state index in [-0.39, 0.29) is 5.91 Å². The first-order chi connectivity index (χ1) is 10.6. The monoisotopic (exact) mass is 336 g/mol. The highest BCUT2D eigenvalue weighted by atomic mass is 35.5. The summed E-state index contributed by atoms with van der Waals surface area (Å²) in [5.41, 5.74) is 2.11. The van der Waals surface area contributed by atoms with Gasteiger partial charge in [0.05, 0.1) is 10.9 Å². The number of rotatable bonds is 7. The average Bonchev–Trinajstić information content (AvgIpc) is 2.92. The van der Waals surface area contributed by atoms with Crippen molar-refractivity contribution >= 4 is 34.5 Å². The van der Waals surface area contributed by atoms with E-state index in [0.717, 1.165) is 29.5 Å². The van der Waals surface area contributed by atoms with Crippen molar-refractivity contribution in [2.75, 3.05) is 18.4 Å². The Balaban J connectivity index is 1.88. The standard InChI is InChI=1S/C17H21ClN2OS/c1-3-13-5-7-14(8-6-13)19-17(21)12-20(4-2)11-15-9-10-16(18)22-15/h5-10H,3-4,11-12H2,1-2H3,(H,19,21). The van der Waals surface area contributed by atoms with E-state index in [4.69, 9.17) is 11.6 Å². The molecule has 1 aromatic carbocycles. The first-order valence-corrected chi connectivity index (χ1v) is 8.65. The maximum Gasteiger partial charge on any atom is 0.238 e. The minimum absolute atomic E-state index is 0.00810. The zero-order valence-corrected chi connectivity index (χ0v) is 14.5. The normalized spacial score (nSPS) is 10.9. The maximum atomic E-state index is 12.2. The predicted molar refractivity (Wildman–Crippen MR) is 94.7 cm³/mol. The van der Waals surface area contributed by atoms with Crippen LogP contribution in [0.25, 0.3) is 0 Å². The Morgan fingerprint density at radius 1 is 1.18 bits per heavy atom. The van der Waals surface area contributed by atoms with Crippen LogP contribution in [-0.4, -0.2) is 23.9 Å². The fraction of sp³-hybridized carbons (Fsp3) is 0.353. The van der Waals surface area contributed by atoms with Crippen LogP contribution in [0.2, 0.25) is 4.34 Å². The van der Waals surface area contributed by atoms with Gasteiger partial charge >= 0.3 is 0 Å². The van der Waals surface area contributed by atoms with Crippen molar-refractivity contribution in [3.05, 3.63) is 51.2 Å². The summed E-state index contributed by atoms with van der Waals surface area (Å²) in [5.74, 6) is 0.00810. The molecule has 22 heavy (non-hydrogen) atoms. The minimum Gasteiger partial charge on any atom is -0.325 e. The number of carbonyl (C=O) groups excluding carboxylic acids is 1. The highest BCUT2D eigenvalue weighted by Crippen LogP contribution is 2.22. The van der Waals surface area contributed by atoms with Gasteiger partial charge in [-0.3, -0.25) is 9.69 Å². The van der Waals surface area contributed by atoms with Gasteiger partial charge in [-0.05, 0) is 42.8 Å². The molecule has 1 N–H and O–H groups in total. The van der Waals surface area contributed by atoms with Gasteiger partial charge < -0.3 is 5.32 Å². The Labute approximate surface area is 140 Å². The van der Waals surface area contributed by atoms with Crippen molar-refractivity contribution in [1.82, 2.24) is 4.90 Å². The molecule has 0 unspecified atom stereocenters. The lowest BCUT2D eigenvalue weighted by Crippen LogP contribution is -2.32. The summed E-state index contributed by atoms with van der Waals surface area (Å²) in [4.78, 5) is 15.4. The Hall–Kier alpha value is -1.36. The predicted octanol–water partition coefficient (Wildman–Crippen LogP) is 4.42. The summed E-state index contributed by atoms with van der Waals surface area (Å²) < 4.78 is 0.784. The molecule has 0 atom stereocenters. The van der Waals surface area contributed by atoms with E-state index < -0.39 is 0 Å². The molecule has 0 aliphatic rings. The Bertz CT molecular complexity index is 609. The van der Waals surface area contributed by atoms with Crippen LogP contribution >= 0.6 is 22.9 Å². The van der Waals surface area contributed by atoms with Crippen molar-refractivity contribution in [2.24, 2.45) is 0 Å². The van der Waals surface area contributed by atoms with E-state index in [0.29, 0.717) is 6.54 Å². The van der Waals surface area contributed by atoms with Gasteiger partial charge in [-0.1, -0.05) is 37.6 Å². The first-order valence-electron chi connectivity index (χ1n) is 7.46. The SMILES string of the molecule is CCc1ccc(NC(=O)CN(CC)Cc2ccc(Cl)s2)cc1. The van der Waals surface area contributed by atoms with Gasteiger partial charge in [0.25, 0.3) is 0 Å². The summed E-state index contributed by atoms with van der Waals surface area (Å²) in [5, 5.41) is 2.95. The number of hydrogen-bond acceptors (Lipinski definition) is 3. The van der Waals surface area contributed by atoms with Gasteiger partial charge in [0.15, 0.2) is 0 Å². The van der Waals surface area contributed by atoms with Gasteiger partial charge in [-0.15, -0.1) is 11.3 Å². The summed E-state index contributed by atoms with van der Waals surface area (Å²) in [6, 6.07) is 11.9. The van der Waals surface area contributed by atoms with Crippen LogP contribution in [0.15, 0.2) is 36.4 Å². The molecule has 2 rings (SSSR count). The number of benzene rings is 1. The number of thiophene rings is 1. The molecule has 0 saturated carbocycles. The summed E-state index contributed by atoms with van der Waals surface area (Å²) in [7, 11) is 0. The summed E-state index contributed by atoms with van der Waals surface area (Å²) in [6.07, 6.45) is 1.00. The fourth-order valence-electron chi connectivity index (χ4n) is 2.16. The average molecular weight is 337 g/mol. The summed E-state index contributed by atoms with van der Waals surface area (Å²) in [6.45, 7) is 6.11. The molecule has 0 aliphatic carbocycles. The molecule has 1 aromatic heterocycles. The number of carbonyl (C=O) groups is 1. The second-order valence-electron chi connectivity index (χ2n) is 5.11. The van der Waals surface area contributed by atoms with Gasteiger partial charge in [-0.25, -0.2) is 0 Å². The van der Waals surface area contributed by atoms with Gasteiger partial charge in [0.2, 0.25) is 5.91 Å². The van der Waals surface area contributed by atoms with E-state index in [1.54, 1.807) is 11.3 Å². The van der Waals surface area contributed by atoms with Crippen LogP contribution in [0.3, 0.4) is 0 Å². The highest BCUT2D eigenvalue weighted by Gasteiger charge is 2.11. The molecule has 1 heterocycles. The van der Waals surface area contributed by atoms with Crippen LogP contribution in [0.5, 0.6) is 0 Å². The third-order valence-corrected chi connectivity index (χ3v) is 4.68. The number of aryl methyl sites for hydroxylation is 1. The molecule has 0 fully saturated rings. The molecular formula is C17H21ClN2OS. The van der Waals surface area contributed by atoms with Crippen LogP contribution in [0.1, 0.15) is 24.3 Å². The summed E-state index contributed by atoms with van der Waals surface area (Å²) >= 11 is 7.50. The Morgan fingerprint density at radius 3 is 2.45 bits per heavy atom. The second kappa shape index (κ2) is 8.32. The Morgan fingerprint density at radius 2 is 1.91 bits per heavy atom. The largest absolute Gasteiger partial charge is 0.325 e. The lowest BCUT2D eigenvalue weighted by molar-refractivity contribution is -0.117. The number of anilines is 1. The molecule has 0 bridgehead atoms. The van der Waals surface area contributed by atoms with Crippen molar-refractivity contribution in [2.45, 2.75) is 26.8 Å². The van der Waals surface area contributed by atoms with E-state index in [9.17, 15) is 4.79 Å². The molecule has 0 radical (unpaired) electrons. The number of likely N-dealkylation sites (N-methyl/N-ethyl adjacent to an activating group) is 1. The second-order valence-corrected chi connectivity index (χ2v) is 6.91. The van der Waals surface area contributed by atoms with Gasteiger partial charge in [0, 0.05) is 17.1 Å². The molecule has 3 nitrogen and oxygen atoms in total. The van der Waals surface area contributed by atoms with E-state index in [1.165, 1.54) is 10.4 Å². The van der Waals surface area contributed by atoms with Crippen molar-refractivity contribution in [1.29, 1.82) is 0 Å². The molecular weight excluding hydrogens is 316 g/mol. The number of halogens is 1. The lowest BCUT2D eigenvalue weighted by atomic mass is 10.1. The van der Waals surface area contributed by atoms with E-state index >= 15 is 0 Å². The lowest BCUT2D eigenvalue weighted by Gasteiger charge is -2.19. The molecule has 0 spiro atoms. The first kappa shape index (κ1) is 17.0. The Kier molecular flexibility index (Phi) is 6.43. The third kappa shape index (κ3) is 5.13. The van der Waals surface area contributed by atoms with Gasteiger partial charge in [0.1, 0.15) is 0 Å². The van der Waals surface area contributed by atoms with Crippen molar-refractivity contribution in [3.8, 4) is 0 Å². The number of amides is 1. The smallest absolute Gasteiger partial charge is 0.238 e. The van der Waals surface area contributed by atoms with E-state index in [2.05, 4.69) is 24.1 Å². The highest BCUT2D eigenvalue weighted by molar-refractivity contribution is 7.16. The molecule has 0 aliphatic heterocycles. The number of nitrogens with one attached hydrogen (secondary N) is 1. The number of nitrogens with zero attached hydrogens (tertiary/aromatic N) is 1. The molecule has 5 heteroatoms. The third-order valence-electron chi connectivity index (χ3n) is 3.47. The fourth-order valence-corrected chi connectivity index (χ4v) is 3.29.